The maximum Gasteiger partial charge on any atom is 0.410 e. The highest BCUT2D eigenvalue weighted by Crippen LogP contribution is 2.26. The van der Waals surface area contributed by atoms with Crippen molar-refractivity contribution in [2.45, 2.75) is 45.6 Å². The molecule has 3 rings (SSSR count). The molecule has 1 aromatic carbocycles. The number of carbonyl (C=O) groups is 2. The fourth-order valence-electron chi connectivity index (χ4n) is 3.74. The fourth-order valence-corrected chi connectivity index (χ4v) is 3.74. The molecule has 6 nitrogen and oxygen atoms in total. The summed E-state index contributed by atoms with van der Waals surface area (Å²) in [7, 11) is 0. The Bertz CT molecular complexity index is 749. The SMILES string of the molecule is CC(C)(C)OC(=O)N1CCC[C@@H](C(=O)N2CC=C(c3ccc(O)cc3)CC2)C1. The number of piperidine rings is 1. The summed E-state index contributed by atoms with van der Waals surface area (Å²) in [6.45, 7) is 7.88. The highest BCUT2D eigenvalue weighted by atomic mass is 16.6. The summed E-state index contributed by atoms with van der Waals surface area (Å²) in [6.07, 6.45) is 4.17. The summed E-state index contributed by atoms with van der Waals surface area (Å²) in [5, 5.41) is 9.43. The van der Waals surface area contributed by atoms with Crippen LogP contribution >= 0.6 is 0 Å². The molecule has 2 amide bonds. The first-order valence-electron chi connectivity index (χ1n) is 9.98. The van der Waals surface area contributed by atoms with E-state index < -0.39 is 5.60 Å². The van der Waals surface area contributed by atoms with E-state index in [-0.39, 0.29) is 23.7 Å². The molecular formula is C22H30N2O4. The van der Waals surface area contributed by atoms with Crippen molar-refractivity contribution in [3.05, 3.63) is 35.9 Å². The summed E-state index contributed by atoms with van der Waals surface area (Å²) >= 11 is 0. The van der Waals surface area contributed by atoms with Crippen molar-refractivity contribution < 1.29 is 19.4 Å². The van der Waals surface area contributed by atoms with Gasteiger partial charge in [-0.25, -0.2) is 4.79 Å². The first-order valence-corrected chi connectivity index (χ1v) is 9.98. The molecule has 1 aromatic rings. The van der Waals surface area contributed by atoms with E-state index in [0.717, 1.165) is 24.8 Å². The average molecular weight is 386 g/mol. The standard InChI is InChI=1S/C22H30N2O4/c1-22(2,3)28-21(27)24-12-4-5-18(15-24)20(26)23-13-10-17(11-14-23)16-6-8-19(25)9-7-16/h6-10,18,25H,4-5,11-15H2,1-3H3/t18-/m1/s1. The largest absolute Gasteiger partial charge is 0.508 e. The summed E-state index contributed by atoms with van der Waals surface area (Å²) in [5.74, 6) is 0.211. The molecule has 0 bridgehead atoms. The molecule has 1 atom stereocenters. The molecule has 1 N–H and O–H groups in total. The van der Waals surface area contributed by atoms with Gasteiger partial charge >= 0.3 is 6.09 Å². The van der Waals surface area contributed by atoms with Crippen LogP contribution in [0.25, 0.3) is 5.57 Å². The number of aromatic hydroxyl groups is 1. The molecule has 0 aromatic heterocycles. The fraction of sp³-hybridized carbons (Fsp3) is 0.545. The summed E-state index contributed by atoms with van der Waals surface area (Å²) < 4.78 is 5.46. The van der Waals surface area contributed by atoms with Gasteiger partial charge in [-0.15, -0.1) is 0 Å². The number of carbonyl (C=O) groups excluding carboxylic acids is 2. The molecule has 152 valence electrons. The highest BCUT2D eigenvalue weighted by Gasteiger charge is 2.33. The third-order valence-electron chi connectivity index (χ3n) is 5.18. The van der Waals surface area contributed by atoms with Crippen molar-refractivity contribution in [3.8, 4) is 5.75 Å². The second-order valence-electron chi connectivity index (χ2n) is 8.58. The summed E-state index contributed by atoms with van der Waals surface area (Å²) in [4.78, 5) is 28.9. The zero-order valence-corrected chi connectivity index (χ0v) is 17.0. The molecule has 28 heavy (non-hydrogen) atoms. The number of rotatable bonds is 2. The van der Waals surface area contributed by atoms with E-state index in [0.29, 0.717) is 26.2 Å². The monoisotopic (exact) mass is 386 g/mol. The number of phenolic OH excluding ortho intramolecular Hbond substituents is 1. The van der Waals surface area contributed by atoms with E-state index in [1.54, 1.807) is 17.0 Å². The lowest BCUT2D eigenvalue weighted by Gasteiger charge is -2.36. The van der Waals surface area contributed by atoms with Crippen LogP contribution in [-0.2, 0) is 9.53 Å². The summed E-state index contributed by atoms with van der Waals surface area (Å²) in [6, 6.07) is 7.17. The number of nitrogens with zero attached hydrogens (tertiary/aromatic N) is 2. The number of hydrogen-bond acceptors (Lipinski definition) is 4. The van der Waals surface area contributed by atoms with E-state index in [2.05, 4.69) is 6.08 Å². The van der Waals surface area contributed by atoms with Gasteiger partial charge in [-0.3, -0.25) is 4.79 Å². The Hall–Kier alpha value is -2.50. The zero-order chi connectivity index (χ0) is 20.3. The molecule has 2 heterocycles. The maximum absolute atomic E-state index is 13.0. The predicted molar refractivity (Wildman–Crippen MR) is 108 cm³/mol. The normalized spacial score (nSPS) is 20.5. The topological polar surface area (TPSA) is 70.1 Å². The van der Waals surface area contributed by atoms with Crippen LogP contribution in [0.3, 0.4) is 0 Å². The molecule has 0 aliphatic carbocycles. The van der Waals surface area contributed by atoms with Gasteiger partial charge in [0, 0.05) is 26.2 Å². The number of likely N-dealkylation sites (tertiary alicyclic amines) is 1. The van der Waals surface area contributed by atoms with Crippen LogP contribution in [0.2, 0.25) is 0 Å². The lowest BCUT2D eigenvalue weighted by Crippen LogP contribution is -2.48. The van der Waals surface area contributed by atoms with E-state index >= 15 is 0 Å². The van der Waals surface area contributed by atoms with Gasteiger partial charge in [-0.05, 0) is 63.3 Å². The quantitative estimate of drug-likeness (QED) is 0.842. The predicted octanol–water partition coefficient (Wildman–Crippen LogP) is 3.66. The zero-order valence-electron chi connectivity index (χ0n) is 17.0. The van der Waals surface area contributed by atoms with Crippen LogP contribution in [0.5, 0.6) is 5.75 Å². The molecule has 6 heteroatoms. The van der Waals surface area contributed by atoms with Crippen LogP contribution in [0, 0.1) is 5.92 Å². The van der Waals surface area contributed by atoms with Gasteiger partial charge < -0.3 is 19.6 Å². The smallest absolute Gasteiger partial charge is 0.410 e. The Balaban J connectivity index is 1.58. The Labute approximate surface area is 166 Å². The third-order valence-corrected chi connectivity index (χ3v) is 5.18. The summed E-state index contributed by atoms with van der Waals surface area (Å²) in [5.41, 5.74) is 1.75. The number of hydrogen-bond donors (Lipinski definition) is 1. The third kappa shape index (κ3) is 5.06. The molecule has 2 aliphatic heterocycles. The maximum atomic E-state index is 13.0. The number of benzene rings is 1. The van der Waals surface area contributed by atoms with Crippen LogP contribution in [0.1, 0.15) is 45.6 Å². The van der Waals surface area contributed by atoms with Crippen molar-refractivity contribution in [1.29, 1.82) is 0 Å². The van der Waals surface area contributed by atoms with E-state index in [9.17, 15) is 14.7 Å². The molecule has 0 unspecified atom stereocenters. The Kier molecular flexibility index (Phi) is 5.96. The van der Waals surface area contributed by atoms with Crippen LogP contribution in [0.4, 0.5) is 4.79 Å². The lowest BCUT2D eigenvalue weighted by molar-refractivity contribution is -0.136. The van der Waals surface area contributed by atoms with Gasteiger partial charge in [-0.2, -0.15) is 0 Å². The van der Waals surface area contributed by atoms with Gasteiger partial charge in [0.2, 0.25) is 5.91 Å². The Morgan fingerprint density at radius 2 is 1.82 bits per heavy atom. The second-order valence-corrected chi connectivity index (χ2v) is 8.58. The molecule has 0 radical (unpaired) electrons. The minimum atomic E-state index is -0.531. The van der Waals surface area contributed by atoms with E-state index in [1.165, 1.54) is 5.57 Å². The first-order chi connectivity index (χ1) is 13.2. The minimum absolute atomic E-state index is 0.120. The van der Waals surface area contributed by atoms with Gasteiger partial charge in [-0.1, -0.05) is 18.2 Å². The highest BCUT2D eigenvalue weighted by molar-refractivity contribution is 5.81. The van der Waals surface area contributed by atoms with E-state index in [4.69, 9.17) is 4.74 Å². The molecule has 0 saturated carbocycles. The van der Waals surface area contributed by atoms with Crippen molar-refractivity contribution in [1.82, 2.24) is 9.80 Å². The van der Waals surface area contributed by atoms with Crippen molar-refractivity contribution in [3.63, 3.8) is 0 Å². The lowest BCUT2D eigenvalue weighted by atomic mass is 9.94. The number of ether oxygens (including phenoxy) is 1. The van der Waals surface area contributed by atoms with Crippen molar-refractivity contribution in [2.24, 2.45) is 5.92 Å². The first kappa shape index (κ1) is 20.2. The van der Waals surface area contributed by atoms with Gasteiger partial charge in [0.05, 0.1) is 5.92 Å². The molecular weight excluding hydrogens is 356 g/mol. The number of phenols is 1. The Morgan fingerprint density at radius 3 is 2.43 bits per heavy atom. The van der Waals surface area contributed by atoms with Crippen molar-refractivity contribution in [2.75, 3.05) is 26.2 Å². The van der Waals surface area contributed by atoms with Gasteiger partial charge in [0.25, 0.3) is 0 Å². The number of amides is 2. The van der Waals surface area contributed by atoms with Gasteiger partial charge in [0.15, 0.2) is 0 Å². The van der Waals surface area contributed by atoms with Crippen molar-refractivity contribution >= 4 is 17.6 Å². The van der Waals surface area contributed by atoms with E-state index in [1.807, 2.05) is 37.8 Å². The second kappa shape index (κ2) is 8.25. The minimum Gasteiger partial charge on any atom is -0.508 e. The van der Waals surface area contributed by atoms with Crippen LogP contribution in [-0.4, -0.2) is 58.7 Å². The average Bonchev–Trinajstić information content (AvgIpc) is 2.67. The Morgan fingerprint density at radius 1 is 1.11 bits per heavy atom. The molecule has 1 fully saturated rings. The molecule has 1 saturated heterocycles. The van der Waals surface area contributed by atoms with Crippen LogP contribution < -0.4 is 0 Å². The van der Waals surface area contributed by atoms with Gasteiger partial charge in [0.1, 0.15) is 11.4 Å². The molecule has 2 aliphatic rings. The molecule has 0 spiro atoms. The van der Waals surface area contributed by atoms with Crippen LogP contribution in [0.15, 0.2) is 30.3 Å².